The van der Waals surface area contributed by atoms with Gasteiger partial charge in [-0.25, -0.2) is 0 Å². The van der Waals surface area contributed by atoms with Crippen LogP contribution < -0.4 is 10.6 Å². The molecule has 82 valence electrons. The standard InChI is InChI=1S/C10H20ClN3/c1-14-5-4-13-7-10(14)8-2-3-12-6-9(8)11/h8-10,12-13H,2-7H2,1H3. The van der Waals surface area contributed by atoms with E-state index in [1.54, 1.807) is 0 Å². The Hall–Kier alpha value is 0.170. The Bertz CT molecular complexity index is 168. The van der Waals surface area contributed by atoms with Gasteiger partial charge in [0, 0.05) is 32.2 Å². The number of rotatable bonds is 1. The van der Waals surface area contributed by atoms with E-state index in [4.69, 9.17) is 11.6 Å². The van der Waals surface area contributed by atoms with Crippen LogP contribution in [0.25, 0.3) is 0 Å². The number of nitrogens with zero attached hydrogens (tertiary/aromatic N) is 1. The fraction of sp³-hybridized carbons (Fsp3) is 1.00. The number of nitrogens with one attached hydrogen (secondary N) is 2. The van der Waals surface area contributed by atoms with Crippen LogP contribution in [-0.4, -0.2) is 56.1 Å². The van der Waals surface area contributed by atoms with Gasteiger partial charge in [-0.3, -0.25) is 0 Å². The summed E-state index contributed by atoms with van der Waals surface area (Å²) in [7, 11) is 2.22. The molecule has 0 spiro atoms. The van der Waals surface area contributed by atoms with Gasteiger partial charge in [0.15, 0.2) is 0 Å². The predicted octanol–water partition coefficient (Wildman–Crippen LogP) is 0.107. The van der Waals surface area contributed by atoms with Crippen LogP contribution in [0.2, 0.25) is 0 Å². The molecule has 0 bridgehead atoms. The van der Waals surface area contributed by atoms with Gasteiger partial charge in [-0.1, -0.05) is 0 Å². The Kier molecular flexibility index (Phi) is 3.66. The third-order valence-electron chi connectivity index (χ3n) is 3.51. The Morgan fingerprint density at radius 2 is 2.00 bits per heavy atom. The molecule has 2 heterocycles. The number of piperidine rings is 1. The first-order valence-corrected chi connectivity index (χ1v) is 5.98. The van der Waals surface area contributed by atoms with E-state index in [0.717, 1.165) is 32.7 Å². The minimum atomic E-state index is 0.302. The summed E-state index contributed by atoms with van der Waals surface area (Å²) < 4.78 is 0. The first-order chi connectivity index (χ1) is 6.79. The van der Waals surface area contributed by atoms with Gasteiger partial charge in [0.05, 0.1) is 5.38 Å². The molecule has 0 amide bonds. The molecule has 2 fully saturated rings. The van der Waals surface area contributed by atoms with Crippen molar-refractivity contribution in [3.05, 3.63) is 0 Å². The lowest BCUT2D eigenvalue weighted by Gasteiger charge is -2.42. The second-order valence-electron chi connectivity index (χ2n) is 4.42. The highest BCUT2D eigenvalue weighted by Gasteiger charge is 2.33. The maximum Gasteiger partial charge on any atom is 0.0504 e. The van der Waals surface area contributed by atoms with Crippen LogP contribution >= 0.6 is 11.6 Å². The average molecular weight is 218 g/mol. The van der Waals surface area contributed by atoms with Crippen molar-refractivity contribution in [2.45, 2.75) is 17.8 Å². The molecule has 2 aliphatic rings. The van der Waals surface area contributed by atoms with E-state index in [2.05, 4.69) is 22.6 Å². The predicted molar refractivity (Wildman–Crippen MR) is 59.9 cm³/mol. The topological polar surface area (TPSA) is 27.3 Å². The molecule has 2 saturated heterocycles. The van der Waals surface area contributed by atoms with Crippen molar-refractivity contribution >= 4 is 11.6 Å². The molecule has 0 aliphatic carbocycles. The molecule has 2 rings (SSSR count). The lowest BCUT2D eigenvalue weighted by molar-refractivity contribution is 0.124. The number of hydrogen-bond donors (Lipinski definition) is 2. The van der Waals surface area contributed by atoms with Crippen molar-refractivity contribution in [2.75, 3.05) is 39.8 Å². The van der Waals surface area contributed by atoms with Crippen molar-refractivity contribution in [1.29, 1.82) is 0 Å². The Morgan fingerprint density at radius 3 is 2.71 bits per heavy atom. The monoisotopic (exact) mass is 217 g/mol. The first-order valence-electron chi connectivity index (χ1n) is 5.55. The minimum Gasteiger partial charge on any atom is -0.315 e. The third-order valence-corrected chi connectivity index (χ3v) is 3.99. The molecular formula is C10H20ClN3. The highest BCUT2D eigenvalue weighted by Crippen LogP contribution is 2.25. The molecule has 0 saturated carbocycles. The zero-order valence-electron chi connectivity index (χ0n) is 8.80. The molecule has 0 aromatic rings. The van der Waals surface area contributed by atoms with Crippen LogP contribution in [0, 0.1) is 5.92 Å². The lowest BCUT2D eigenvalue weighted by atomic mass is 9.88. The molecule has 3 atom stereocenters. The number of likely N-dealkylation sites (N-methyl/N-ethyl adjacent to an activating group) is 1. The normalized spacial score (nSPS) is 41.1. The van der Waals surface area contributed by atoms with Gasteiger partial charge < -0.3 is 15.5 Å². The molecule has 0 aromatic heterocycles. The van der Waals surface area contributed by atoms with E-state index in [9.17, 15) is 0 Å². The molecule has 0 aromatic carbocycles. The van der Waals surface area contributed by atoms with Crippen molar-refractivity contribution in [2.24, 2.45) is 5.92 Å². The van der Waals surface area contributed by atoms with Gasteiger partial charge in [-0.2, -0.15) is 0 Å². The zero-order chi connectivity index (χ0) is 9.97. The SMILES string of the molecule is CN1CCNCC1C1CCNCC1Cl. The fourth-order valence-corrected chi connectivity index (χ4v) is 2.98. The maximum absolute atomic E-state index is 6.36. The highest BCUT2D eigenvalue weighted by molar-refractivity contribution is 6.21. The number of halogens is 1. The van der Waals surface area contributed by atoms with Crippen molar-refractivity contribution < 1.29 is 0 Å². The van der Waals surface area contributed by atoms with Crippen LogP contribution in [0.15, 0.2) is 0 Å². The van der Waals surface area contributed by atoms with Gasteiger partial charge in [-0.05, 0) is 25.9 Å². The summed E-state index contributed by atoms with van der Waals surface area (Å²) >= 11 is 6.36. The second kappa shape index (κ2) is 4.79. The number of hydrogen-bond acceptors (Lipinski definition) is 3. The Morgan fingerprint density at radius 1 is 1.21 bits per heavy atom. The van der Waals surface area contributed by atoms with Crippen LogP contribution in [0.4, 0.5) is 0 Å². The third kappa shape index (κ3) is 2.22. The van der Waals surface area contributed by atoms with Crippen LogP contribution in [-0.2, 0) is 0 Å². The first kappa shape index (κ1) is 10.7. The molecule has 2 aliphatic heterocycles. The van der Waals surface area contributed by atoms with Gasteiger partial charge in [-0.15, -0.1) is 11.6 Å². The van der Waals surface area contributed by atoms with E-state index < -0.39 is 0 Å². The van der Waals surface area contributed by atoms with Crippen LogP contribution in [0.5, 0.6) is 0 Å². The van der Waals surface area contributed by atoms with Gasteiger partial charge >= 0.3 is 0 Å². The molecule has 2 N–H and O–H groups in total. The fourth-order valence-electron chi connectivity index (χ4n) is 2.58. The maximum atomic E-state index is 6.36. The minimum absolute atomic E-state index is 0.302. The summed E-state index contributed by atoms with van der Waals surface area (Å²) in [6, 6.07) is 0.633. The van der Waals surface area contributed by atoms with Crippen molar-refractivity contribution in [3.8, 4) is 0 Å². The second-order valence-corrected chi connectivity index (χ2v) is 4.99. The Balaban J connectivity index is 1.96. The lowest BCUT2D eigenvalue weighted by Crippen LogP contribution is -2.57. The summed E-state index contributed by atoms with van der Waals surface area (Å²) in [5, 5.41) is 7.11. The largest absolute Gasteiger partial charge is 0.315 e. The molecule has 0 radical (unpaired) electrons. The summed E-state index contributed by atoms with van der Waals surface area (Å²) in [4.78, 5) is 2.46. The average Bonchev–Trinajstić information content (AvgIpc) is 2.20. The van der Waals surface area contributed by atoms with Gasteiger partial charge in [0.25, 0.3) is 0 Å². The summed E-state index contributed by atoms with van der Waals surface area (Å²) in [6.07, 6.45) is 1.21. The molecule has 3 nitrogen and oxygen atoms in total. The number of alkyl halides is 1. The summed E-state index contributed by atoms with van der Waals surface area (Å²) in [6.45, 7) is 5.46. The molecular weight excluding hydrogens is 198 g/mol. The summed E-state index contributed by atoms with van der Waals surface area (Å²) in [5.74, 6) is 0.649. The smallest absolute Gasteiger partial charge is 0.0504 e. The van der Waals surface area contributed by atoms with Gasteiger partial charge in [0.2, 0.25) is 0 Å². The quantitative estimate of drug-likeness (QED) is 0.611. The van der Waals surface area contributed by atoms with E-state index in [1.165, 1.54) is 6.42 Å². The van der Waals surface area contributed by atoms with E-state index >= 15 is 0 Å². The van der Waals surface area contributed by atoms with E-state index in [1.807, 2.05) is 0 Å². The van der Waals surface area contributed by atoms with E-state index in [-0.39, 0.29) is 0 Å². The molecule has 4 heteroatoms. The van der Waals surface area contributed by atoms with Crippen molar-refractivity contribution in [1.82, 2.24) is 15.5 Å². The molecule has 3 unspecified atom stereocenters. The van der Waals surface area contributed by atoms with Gasteiger partial charge in [0.1, 0.15) is 0 Å². The van der Waals surface area contributed by atoms with Crippen LogP contribution in [0.1, 0.15) is 6.42 Å². The summed E-state index contributed by atoms with van der Waals surface area (Å²) in [5.41, 5.74) is 0. The molecule has 14 heavy (non-hydrogen) atoms. The van der Waals surface area contributed by atoms with E-state index in [0.29, 0.717) is 17.3 Å². The van der Waals surface area contributed by atoms with Crippen molar-refractivity contribution in [3.63, 3.8) is 0 Å². The van der Waals surface area contributed by atoms with Crippen LogP contribution in [0.3, 0.4) is 0 Å². The zero-order valence-corrected chi connectivity index (χ0v) is 9.56. The highest BCUT2D eigenvalue weighted by atomic mass is 35.5. The Labute approximate surface area is 91.2 Å². The number of piperazine rings is 1.